The molecule has 0 radical (unpaired) electrons. The van der Waals surface area contributed by atoms with Crippen molar-refractivity contribution in [2.24, 2.45) is 0 Å². The summed E-state index contributed by atoms with van der Waals surface area (Å²) in [6.45, 7) is 8.71. The molecule has 0 unspecified atom stereocenters. The standard InChI is InChI=1S/C14H23N3O3/c1-5-6-16-7-9-17(10-8-16)12(18)11-15-13(19)20-14(2,3)4/h1H,6-11H2,2-4H3,(H,15,19). The number of alkyl carbamates (subject to hydrolysis) is 1. The number of amides is 2. The number of ether oxygens (including phenoxy) is 1. The molecule has 1 N–H and O–H groups in total. The van der Waals surface area contributed by atoms with E-state index in [-0.39, 0.29) is 12.5 Å². The fourth-order valence-electron chi connectivity index (χ4n) is 1.86. The summed E-state index contributed by atoms with van der Waals surface area (Å²) in [6, 6.07) is 0. The molecule has 20 heavy (non-hydrogen) atoms. The molecular weight excluding hydrogens is 258 g/mol. The smallest absolute Gasteiger partial charge is 0.408 e. The molecule has 6 nitrogen and oxygen atoms in total. The summed E-state index contributed by atoms with van der Waals surface area (Å²) >= 11 is 0. The Kier molecular flexibility index (Phi) is 5.83. The summed E-state index contributed by atoms with van der Waals surface area (Å²) in [4.78, 5) is 27.2. The summed E-state index contributed by atoms with van der Waals surface area (Å²) < 4.78 is 5.07. The zero-order valence-corrected chi connectivity index (χ0v) is 12.4. The van der Waals surface area contributed by atoms with Gasteiger partial charge in [0.2, 0.25) is 5.91 Å². The number of carbonyl (C=O) groups is 2. The summed E-state index contributed by atoms with van der Waals surface area (Å²) in [6.07, 6.45) is 4.68. The van der Waals surface area contributed by atoms with Crippen LogP contribution in [-0.2, 0) is 9.53 Å². The monoisotopic (exact) mass is 281 g/mol. The van der Waals surface area contributed by atoms with E-state index in [9.17, 15) is 9.59 Å². The van der Waals surface area contributed by atoms with E-state index < -0.39 is 11.7 Å². The van der Waals surface area contributed by atoms with Crippen molar-refractivity contribution in [2.75, 3.05) is 39.3 Å². The Bertz CT molecular complexity index is 387. The van der Waals surface area contributed by atoms with Crippen LogP contribution in [0.4, 0.5) is 4.79 Å². The molecule has 1 aliphatic heterocycles. The van der Waals surface area contributed by atoms with Crippen LogP contribution in [0, 0.1) is 12.3 Å². The Balaban J connectivity index is 2.27. The summed E-state index contributed by atoms with van der Waals surface area (Å²) in [5.41, 5.74) is -0.562. The highest BCUT2D eigenvalue weighted by molar-refractivity contribution is 5.82. The molecule has 1 saturated heterocycles. The minimum atomic E-state index is -0.572. The van der Waals surface area contributed by atoms with Crippen molar-refractivity contribution in [1.82, 2.24) is 15.1 Å². The van der Waals surface area contributed by atoms with Crippen LogP contribution in [0.25, 0.3) is 0 Å². The Morgan fingerprint density at radius 2 is 1.85 bits per heavy atom. The first kappa shape index (κ1) is 16.3. The van der Waals surface area contributed by atoms with Gasteiger partial charge in [-0.2, -0.15) is 0 Å². The zero-order chi connectivity index (χ0) is 15.2. The van der Waals surface area contributed by atoms with Gasteiger partial charge in [0.05, 0.1) is 6.54 Å². The molecule has 1 rings (SSSR count). The number of hydrogen-bond acceptors (Lipinski definition) is 4. The highest BCUT2D eigenvalue weighted by atomic mass is 16.6. The third kappa shape index (κ3) is 5.93. The van der Waals surface area contributed by atoms with Crippen LogP contribution >= 0.6 is 0 Å². The fraction of sp³-hybridized carbons (Fsp3) is 0.714. The molecule has 0 bridgehead atoms. The second-order valence-electron chi connectivity index (χ2n) is 5.72. The van der Waals surface area contributed by atoms with Crippen molar-refractivity contribution in [1.29, 1.82) is 0 Å². The van der Waals surface area contributed by atoms with E-state index in [1.165, 1.54) is 0 Å². The van der Waals surface area contributed by atoms with Gasteiger partial charge in [-0.3, -0.25) is 9.69 Å². The minimum Gasteiger partial charge on any atom is -0.444 e. The second kappa shape index (κ2) is 7.15. The van der Waals surface area contributed by atoms with Gasteiger partial charge in [-0.25, -0.2) is 4.79 Å². The molecule has 0 spiro atoms. The Labute approximate surface area is 120 Å². The molecule has 1 fully saturated rings. The average Bonchev–Trinajstić information content (AvgIpc) is 2.35. The van der Waals surface area contributed by atoms with Crippen LogP contribution in [0.5, 0.6) is 0 Å². The highest BCUT2D eigenvalue weighted by Gasteiger charge is 2.22. The lowest BCUT2D eigenvalue weighted by Crippen LogP contribution is -2.51. The van der Waals surface area contributed by atoms with Crippen LogP contribution in [0.2, 0.25) is 0 Å². The fourth-order valence-corrected chi connectivity index (χ4v) is 1.86. The van der Waals surface area contributed by atoms with Crippen molar-refractivity contribution >= 4 is 12.0 Å². The van der Waals surface area contributed by atoms with Crippen molar-refractivity contribution in [3.8, 4) is 12.3 Å². The Morgan fingerprint density at radius 3 is 2.35 bits per heavy atom. The van der Waals surface area contributed by atoms with Crippen LogP contribution in [0.3, 0.4) is 0 Å². The molecule has 0 aromatic heterocycles. The molecule has 112 valence electrons. The number of carbonyl (C=O) groups excluding carboxylic acids is 2. The molecule has 1 aliphatic rings. The number of terminal acetylenes is 1. The van der Waals surface area contributed by atoms with E-state index in [2.05, 4.69) is 16.1 Å². The predicted octanol–water partition coefficient (Wildman–Crippen LogP) is 0.289. The van der Waals surface area contributed by atoms with E-state index >= 15 is 0 Å². The maximum absolute atomic E-state index is 11.9. The molecular formula is C14H23N3O3. The SMILES string of the molecule is C#CCN1CCN(C(=O)CNC(=O)OC(C)(C)C)CC1. The number of piperazine rings is 1. The van der Waals surface area contributed by atoms with Crippen LogP contribution in [0.15, 0.2) is 0 Å². The Hall–Kier alpha value is -1.74. The first-order chi connectivity index (χ1) is 9.31. The third-order valence-corrected chi connectivity index (χ3v) is 2.82. The van der Waals surface area contributed by atoms with Crippen molar-refractivity contribution in [3.05, 3.63) is 0 Å². The zero-order valence-electron chi connectivity index (χ0n) is 12.4. The first-order valence-corrected chi connectivity index (χ1v) is 6.72. The molecule has 1 heterocycles. The van der Waals surface area contributed by atoms with Gasteiger partial charge < -0.3 is 15.0 Å². The molecule has 2 amide bonds. The first-order valence-electron chi connectivity index (χ1n) is 6.72. The van der Waals surface area contributed by atoms with E-state index in [4.69, 9.17) is 11.2 Å². The number of nitrogens with zero attached hydrogens (tertiary/aromatic N) is 2. The van der Waals surface area contributed by atoms with Crippen molar-refractivity contribution in [3.63, 3.8) is 0 Å². The van der Waals surface area contributed by atoms with E-state index in [1.807, 2.05) is 0 Å². The largest absolute Gasteiger partial charge is 0.444 e. The topological polar surface area (TPSA) is 61.9 Å². The molecule has 6 heteroatoms. The van der Waals surface area contributed by atoms with Gasteiger partial charge in [0.25, 0.3) is 0 Å². The van der Waals surface area contributed by atoms with Gasteiger partial charge >= 0.3 is 6.09 Å². The second-order valence-corrected chi connectivity index (χ2v) is 5.72. The maximum Gasteiger partial charge on any atom is 0.408 e. The number of hydrogen-bond donors (Lipinski definition) is 1. The maximum atomic E-state index is 11.9. The van der Waals surface area contributed by atoms with Gasteiger partial charge in [-0.05, 0) is 20.8 Å². The van der Waals surface area contributed by atoms with Crippen LogP contribution in [0.1, 0.15) is 20.8 Å². The van der Waals surface area contributed by atoms with Crippen molar-refractivity contribution < 1.29 is 14.3 Å². The van der Waals surface area contributed by atoms with E-state index in [0.29, 0.717) is 19.6 Å². The molecule has 0 saturated carbocycles. The molecule has 0 aromatic carbocycles. The predicted molar refractivity (Wildman–Crippen MR) is 76.1 cm³/mol. The normalized spacial score (nSPS) is 16.4. The summed E-state index contributed by atoms with van der Waals surface area (Å²) in [7, 11) is 0. The number of rotatable bonds is 3. The third-order valence-electron chi connectivity index (χ3n) is 2.82. The van der Waals surface area contributed by atoms with Gasteiger partial charge in [0.15, 0.2) is 0 Å². The van der Waals surface area contributed by atoms with Crippen LogP contribution < -0.4 is 5.32 Å². The minimum absolute atomic E-state index is 0.0376. The van der Waals surface area contributed by atoms with Gasteiger partial charge in [0, 0.05) is 26.2 Å². The molecule has 0 atom stereocenters. The number of nitrogens with one attached hydrogen (secondary N) is 1. The van der Waals surface area contributed by atoms with Crippen LogP contribution in [-0.4, -0.2) is 66.7 Å². The molecule has 0 aromatic rings. The van der Waals surface area contributed by atoms with E-state index in [1.54, 1.807) is 25.7 Å². The Morgan fingerprint density at radius 1 is 1.25 bits per heavy atom. The lowest BCUT2D eigenvalue weighted by molar-refractivity contribution is -0.131. The molecule has 0 aliphatic carbocycles. The lowest BCUT2D eigenvalue weighted by Gasteiger charge is -2.33. The summed E-state index contributed by atoms with van der Waals surface area (Å²) in [5, 5.41) is 2.47. The lowest BCUT2D eigenvalue weighted by atomic mass is 10.2. The van der Waals surface area contributed by atoms with Gasteiger partial charge in [-0.15, -0.1) is 6.42 Å². The highest BCUT2D eigenvalue weighted by Crippen LogP contribution is 2.06. The van der Waals surface area contributed by atoms with Gasteiger partial charge in [-0.1, -0.05) is 5.92 Å². The van der Waals surface area contributed by atoms with Crippen molar-refractivity contribution in [2.45, 2.75) is 26.4 Å². The van der Waals surface area contributed by atoms with E-state index in [0.717, 1.165) is 13.1 Å². The quantitative estimate of drug-likeness (QED) is 0.755. The summed E-state index contributed by atoms with van der Waals surface area (Å²) in [5.74, 6) is 2.49. The average molecular weight is 281 g/mol. The van der Waals surface area contributed by atoms with Gasteiger partial charge in [0.1, 0.15) is 12.1 Å².